The summed E-state index contributed by atoms with van der Waals surface area (Å²) in [5.41, 5.74) is 10.4. The van der Waals surface area contributed by atoms with E-state index in [1.807, 2.05) is 0 Å². The molecule has 2 atom stereocenters. The fourth-order valence-electron chi connectivity index (χ4n) is 1.62. The Kier molecular flexibility index (Phi) is 2.85. The maximum Gasteiger partial charge on any atom is 0.271 e. The molecule has 1 saturated heterocycles. The molecule has 1 aromatic rings. The van der Waals surface area contributed by atoms with Crippen LogP contribution in [0.1, 0.15) is 16.7 Å². The van der Waals surface area contributed by atoms with Gasteiger partial charge in [0.25, 0.3) is 11.7 Å². The predicted octanol–water partition coefficient (Wildman–Crippen LogP) is -2.41. The molecule has 9 nitrogen and oxygen atoms in total. The van der Waals surface area contributed by atoms with Crippen LogP contribution >= 0.6 is 0 Å². The lowest BCUT2D eigenvalue weighted by atomic mass is 10.2. The predicted molar refractivity (Wildman–Crippen MR) is 56.2 cm³/mol. The van der Waals surface area contributed by atoms with Gasteiger partial charge in [-0.3, -0.25) is 19.0 Å². The summed E-state index contributed by atoms with van der Waals surface area (Å²) >= 11 is 0. The molecular formula is C9H10N4O5. The summed E-state index contributed by atoms with van der Waals surface area (Å²) in [5, 5.41) is 8.85. The van der Waals surface area contributed by atoms with Crippen LogP contribution in [0.25, 0.3) is 0 Å². The van der Waals surface area contributed by atoms with E-state index in [1.54, 1.807) is 0 Å². The van der Waals surface area contributed by atoms with Gasteiger partial charge in [-0.05, 0) is 0 Å². The number of nitrogen functional groups attached to an aromatic ring is 1. The Hall–Kier alpha value is -2.26. The third-order valence-corrected chi connectivity index (χ3v) is 2.54. The van der Waals surface area contributed by atoms with Crippen molar-refractivity contribution in [2.75, 3.05) is 12.3 Å². The number of Topliss-reactive ketones (excluding diaryl/α,β-unsaturated/α-hetero) is 2. The summed E-state index contributed by atoms with van der Waals surface area (Å²) in [6, 6.07) is 0. The van der Waals surface area contributed by atoms with Gasteiger partial charge in [0.15, 0.2) is 5.69 Å². The van der Waals surface area contributed by atoms with Crippen LogP contribution in [0.5, 0.6) is 0 Å². The Morgan fingerprint density at radius 3 is 2.61 bits per heavy atom. The van der Waals surface area contributed by atoms with Crippen molar-refractivity contribution < 1.29 is 24.2 Å². The van der Waals surface area contributed by atoms with Crippen molar-refractivity contribution in [3.05, 3.63) is 12.0 Å². The number of aliphatic hydroxyl groups is 1. The smallest absolute Gasteiger partial charge is 0.271 e. The van der Waals surface area contributed by atoms with Crippen molar-refractivity contribution >= 4 is 23.3 Å². The van der Waals surface area contributed by atoms with Crippen molar-refractivity contribution in [2.45, 2.75) is 12.3 Å². The molecule has 2 rings (SSSR count). The molecular weight excluding hydrogens is 244 g/mol. The average molecular weight is 254 g/mol. The van der Waals surface area contributed by atoms with Gasteiger partial charge in [0.05, 0.1) is 12.9 Å². The topological polar surface area (TPSA) is 151 Å². The van der Waals surface area contributed by atoms with E-state index in [2.05, 4.69) is 4.98 Å². The van der Waals surface area contributed by atoms with Gasteiger partial charge in [-0.25, -0.2) is 4.98 Å². The molecule has 0 spiro atoms. The van der Waals surface area contributed by atoms with Crippen LogP contribution in [0.15, 0.2) is 6.33 Å². The zero-order chi connectivity index (χ0) is 13.4. The van der Waals surface area contributed by atoms with Crippen LogP contribution in [0.3, 0.4) is 0 Å². The van der Waals surface area contributed by atoms with Gasteiger partial charge < -0.3 is 21.3 Å². The first-order valence-electron chi connectivity index (χ1n) is 4.93. The number of aromatic nitrogens is 2. The van der Waals surface area contributed by atoms with Gasteiger partial charge in [0, 0.05) is 0 Å². The Morgan fingerprint density at radius 2 is 2.17 bits per heavy atom. The molecule has 0 unspecified atom stereocenters. The Morgan fingerprint density at radius 1 is 1.50 bits per heavy atom. The number of imidazole rings is 1. The van der Waals surface area contributed by atoms with Crippen molar-refractivity contribution in [1.29, 1.82) is 0 Å². The summed E-state index contributed by atoms with van der Waals surface area (Å²) in [6.45, 7) is -0.613. The number of ether oxygens (including phenoxy) is 1. The minimum atomic E-state index is -1.32. The first kappa shape index (κ1) is 12.2. The van der Waals surface area contributed by atoms with E-state index < -0.39 is 36.4 Å². The van der Waals surface area contributed by atoms with Gasteiger partial charge in [0.2, 0.25) is 12.0 Å². The highest BCUT2D eigenvalue weighted by Crippen LogP contribution is 2.25. The third-order valence-electron chi connectivity index (χ3n) is 2.54. The molecule has 0 aromatic carbocycles. The van der Waals surface area contributed by atoms with Crippen LogP contribution in [-0.2, 0) is 14.3 Å². The Balaban J connectivity index is 2.36. The second-order valence-electron chi connectivity index (χ2n) is 3.64. The number of anilines is 1. The highest BCUT2D eigenvalue weighted by atomic mass is 16.5. The quantitative estimate of drug-likeness (QED) is 0.508. The molecule has 0 radical (unpaired) electrons. The lowest BCUT2D eigenvalue weighted by molar-refractivity contribution is -0.136. The van der Waals surface area contributed by atoms with Gasteiger partial charge >= 0.3 is 0 Å². The number of hydrogen-bond acceptors (Lipinski definition) is 7. The number of ketones is 2. The molecule has 1 amide bonds. The molecule has 1 aromatic heterocycles. The molecule has 2 heterocycles. The van der Waals surface area contributed by atoms with Crippen molar-refractivity contribution in [1.82, 2.24) is 9.55 Å². The molecule has 96 valence electrons. The fourth-order valence-corrected chi connectivity index (χ4v) is 1.62. The zero-order valence-electron chi connectivity index (χ0n) is 9.07. The second kappa shape index (κ2) is 4.20. The lowest BCUT2D eigenvalue weighted by Gasteiger charge is -2.12. The highest BCUT2D eigenvalue weighted by Gasteiger charge is 2.43. The molecule has 9 heteroatoms. The maximum atomic E-state index is 11.6. The number of hydrogen-bond donors (Lipinski definition) is 3. The number of amides is 1. The van der Waals surface area contributed by atoms with E-state index in [9.17, 15) is 14.4 Å². The molecule has 5 N–H and O–H groups in total. The number of primary amides is 1. The molecule has 0 aliphatic carbocycles. The van der Waals surface area contributed by atoms with E-state index in [1.165, 1.54) is 0 Å². The SMILES string of the molecule is NC(=O)c1ncn([C@@H]2O[C@H](CO)C(=O)C2=O)c1N. The molecule has 1 aliphatic heterocycles. The average Bonchev–Trinajstić information content (AvgIpc) is 2.82. The van der Waals surface area contributed by atoms with Gasteiger partial charge in [-0.1, -0.05) is 0 Å². The number of nitrogens with zero attached hydrogens (tertiary/aromatic N) is 2. The largest absolute Gasteiger partial charge is 0.393 e. The standard InChI is InChI=1S/C9H10N4O5/c10-7-4(8(11)17)12-2-13(7)9-6(16)5(15)3(1-14)18-9/h2-3,9,14H,1,10H2,(H2,11,17)/t3-,9-/m1/s1. The number of aliphatic hydroxyl groups excluding tert-OH is 1. The van der Waals surface area contributed by atoms with Crippen LogP contribution in [0.2, 0.25) is 0 Å². The van der Waals surface area contributed by atoms with E-state index in [4.69, 9.17) is 21.3 Å². The van der Waals surface area contributed by atoms with Gasteiger partial charge in [-0.2, -0.15) is 0 Å². The van der Waals surface area contributed by atoms with Crippen molar-refractivity contribution in [3.8, 4) is 0 Å². The number of carbonyl (C=O) groups excluding carboxylic acids is 3. The summed E-state index contributed by atoms with van der Waals surface area (Å²) in [4.78, 5) is 37.5. The number of nitrogens with two attached hydrogens (primary N) is 2. The molecule has 1 aliphatic rings. The monoisotopic (exact) mass is 254 g/mol. The fraction of sp³-hybridized carbons (Fsp3) is 0.333. The number of carbonyl (C=O) groups is 3. The van der Waals surface area contributed by atoms with E-state index >= 15 is 0 Å². The van der Waals surface area contributed by atoms with Crippen LogP contribution in [0, 0.1) is 0 Å². The Bertz CT molecular complexity index is 537. The third kappa shape index (κ3) is 1.65. The van der Waals surface area contributed by atoms with Crippen molar-refractivity contribution in [3.63, 3.8) is 0 Å². The van der Waals surface area contributed by atoms with E-state index in [0.717, 1.165) is 10.9 Å². The summed E-state index contributed by atoms with van der Waals surface area (Å²) in [6.07, 6.45) is -1.47. The number of rotatable bonds is 3. The van der Waals surface area contributed by atoms with Gasteiger partial charge in [-0.15, -0.1) is 0 Å². The second-order valence-corrected chi connectivity index (χ2v) is 3.64. The zero-order valence-corrected chi connectivity index (χ0v) is 9.07. The molecule has 18 heavy (non-hydrogen) atoms. The normalized spacial score (nSPS) is 23.6. The summed E-state index contributed by atoms with van der Waals surface area (Å²) in [7, 11) is 0. The van der Waals surface area contributed by atoms with E-state index in [-0.39, 0.29) is 11.5 Å². The summed E-state index contributed by atoms with van der Waals surface area (Å²) in [5.74, 6) is -2.75. The van der Waals surface area contributed by atoms with Crippen molar-refractivity contribution in [2.24, 2.45) is 5.73 Å². The molecule has 0 saturated carbocycles. The van der Waals surface area contributed by atoms with Crippen LogP contribution in [0.4, 0.5) is 5.82 Å². The minimum absolute atomic E-state index is 0.174. The highest BCUT2D eigenvalue weighted by molar-refractivity contribution is 6.41. The van der Waals surface area contributed by atoms with Crippen LogP contribution in [-0.4, -0.2) is 44.8 Å². The van der Waals surface area contributed by atoms with Crippen LogP contribution < -0.4 is 11.5 Å². The lowest BCUT2D eigenvalue weighted by Crippen LogP contribution is -2.23. The molecule has 0 bridgehead atoms. The molecule has 1 fully saturated rings. The van der Waals surface area contributed by atoms with Gasteiger partial charge in [0.1, 0.15) is 11.9 Å². The Labute approximate surface area is 100 Å². The summed E-state index contributed by atoms with van der Waals surface area (Å²) < 4.78 is 6.06. The first-order chi connectivity index (χ1) is 8.47. The first-order valence-corrected chi connectivity index (χ1v) is 4.93. The maximum absolute atomic E-state index is 11.6. The van der Waals surface area contributed by atoms with E-state index in [0.29, 0.717) is 0 Å². The minimum Gasteiger partial charge on any atom is -0.393 e.